The smallest absolute Gasteiger partial charge is 0.295 e. The van der Waals surface area contributed by atoms with E-state index in [-0.39, 0.29) is 23.3 Å². The highest BCUT2D eigenvalue weighted by atomic mass is 16.5. The number of aryl methyl sites for hydroxylation is 1. The molecule has 1 saturated heterocycles. The average Bonchev–Trinajstić information content (AvgIpc) is 3.12. The first kappa shape index (κ1) is 25.9. The van der Waals surface area contributed by atoms with Gasteiger partial charge in [0.05, 0.1) is 11.6 Å². The minimum atomic E-state index is -0.745. The molecule has 190 valence electrons. The van der Waals surface area contributed by atoms with E-state index in [1.807, 2.05) is 37.3 Å². The van der Waals surface area contributed by atoms with Crippen LogP contribution >= 0.6 is 0 Å². The Hall–Kier alpha value is -4.19. The number of ketones is 1. The first-order chi connectivity index (χ1) is 17.6. The van der Waals surface area contributed by atoms with E-state index in [9.17, 15) is 14.7 Å². The number of aliphatic hydroxyl groups is 1. The van der Waals surface area contributed by atoms with Gasteiger partial charge in [-0.1, -0.05) is 63.8 Å². The summed E-state index contributed by atoms with van der Waals surface area (Å²) in [6.07, 6.45) is 4.98. The molecule has 6 heteroatoms. The summed E-state index contributed by atoms with van der Waals surface area (Å²) in [6, 6.07) is 16.0. The maximum absolute atomic E-state index is 13.4. The van der Waals surface area contributed by atoms with Crippen molar-refractivity contribution in [3.63, 3.8) is 0 Å². The van der Waals surface area contributed by atoms with Crippen molar-refractivity contribution < 1.29 is 19.4 Å². The molecule has 1 atom stereocenters. The van der Waals surface area contributed by atoms with E-state index < -0.39 is 17.7 Å². The van der Waals surface area contributed by atoms with Crippen molar-refractivity contribution in [3.8, 4) is 5.75 Å². The van der Waals surface area contributed by atoms with Crippen LogP contribution in [0.5, 0.6) is 5.75 Å². The maximum Gasteiger partial charge on any atom is 0.295 e. The lowest BCUT2D eigenvalue weighted by atomic mass is 9.85. The Balaban J connectivity index is 1.83. The van der Waals surface area contributed by atoms with Crippen molar-refractivity contribution in [2.45, 2.75) is 45.7 Å². The van der Waals surface area contributed by atoms with Crippen molar-refractivity contribution in [2.24, 2.45) is 0 Å². The summed E-state index contributed by atoms with van der Waals surface area (Å²) in [5.74, 6) is -0.943. The van der Waals surface area contributed by atoms with Gasteiger partial charge >= 0.3 is 0 Å². The van der Waals surface area contributed by atoms with E-state index in [0.29, 0.717) is 17.9 Å². The molecule has 0 saturated carbocycles. The molecular weight excluding hydrogens is 464 g/mol. The van der Waals surface area contributed by atoms with Crippen LogP contribution in [0.25, 0.3) is 5.76 Å². The van der Waals surface area contributed by atoms with E-state index in [1.165, 1.54) is 4.90 Å². The topological polar surface area (TPSA) is 79.7 Å². The Morgan fingerprint density at radius 1 is 1.14 bits per heavy atom. The third-order valence-electron chi connectivity index (χ3n) is 6.53. The lowest BCUT2D eigenvalue weighted by Crippen LogP contribution is -2.29. The van der Waals surface area contributed by atoms with Crippen molar-refractivity contribution in [1.82, 2.24) is 9.88 Å². The Bertz CT molecular complexity index is 1350. The number of aliphatic hydroxyl groups excluding tert-OH is 1. The molecule has 2 aromatic carbocycles. The zero-order chi connectivity index (χ0) is 26.7. The third kappa shape index (κ3) is 5.33. The van der Waals surface area contributed by atoms with Crippen molar-refractivity contribution in [3.05, 3.63) is 113 Å². The predicted octanol–water partition coefficient (Wildman–Crippen LogP) is 5.87. The maximum atomic E-state index is 13.4. The van der Waals surface area contributed by atoms with E-state index in [2.05, 4.69) is 32.3 Å². The number of ether oxygens (including phenoxy) is 1. The lowest BCUT2D eigenvalue weighted by Gasteiger charge is -2.26. The first-order valence-corrected chi connectivity index (χ1v) is 12.2. The molecule has 0 unspecified atom stereocenters. The van der Waals surface area contributed by atoms with Crippen LogP contribution in [0.4, 0.5) is 0 Å². The fraction of sp³-hybridized carbons (Fsp3) is 0.258. The SMILES string of the molecule is C=CCOc1ccc(C(O)=C2C(=O)C(=O)N(Cc3cccnc3)[C@H]2c2ccc(C(C)(C)C)cc2)c(C)c1. The average molecular weight is 497 g/mol. The molecule has 37 heavy (non-hydrogen) atoms. The molecule has 0 radical (unpaired) electrons. The number of benzene rings is 2. The molecule has 3 aromatic rings. The number of nitrogens with zero attached hydrogens (tertiary/aromatic N) is 2. The molecule has 6 nitrogen and oxygen atoms in total. The number of hydrogen-bond donors (Lipinski definition) is 1. The number of pyridine rings is 1. The fourth-order valence-corrected chi connectivity index (χ4v) is 4.54. The van der Waals surface area contributed by atoms with Gasteiger partial charge in [-0.05, 0) is 58.9 Å². The van der Waals surface area contributed by atoms with Crippen LogP contribution in [0.1, 0.15) is 54.6 Å². The monoisotopic (exact) mass is 496 g/mol. The third-order valence-corrected chi connectivity index (χ3v) is 6.53. The first-order valence-electron chi connectivity index (χ1n) is 12.2. The molecule has 1 amide bonds. The number of hydrogen-bond acceptors (Lipinski definition) is 5. The zero-order valence-electron chi connectivity index (χ0n) is 21.7. The van der Waals surface area contributed by atoms with Crippen LogP contribution in [0.15, 0.2) is 85.2 Å². The molecule has 1 aliphatic heterocycles. The van der Waals surface area contributed by atoms with Gasteiger partial charge in [-0.25, -0.2) is 0 Å². The second-order valence-electron chi connectivity index (χ2n) is 10.2. The summed E-state index contributed by atoms with van der Waals surface area (Å²) in [5.41, 5.74) is 3.89. The summed E-state index contributed by atoms with van der Waals surface area (Å²) >= 11 is 0. The molecule has 2 heterocycles. The van der Waals surface area contributed by atoms with E-state index in [0.717, 1.165) is 22.3 Å². The molecule has 0 spiro atoms. The molecule has 4 rings (SSSR count). The number of carbonyl (C=O) groups is 2. The Labute approximate surface area is 217 Å². The molecular formula is C31H32N2O4. The number of rotatable bonds is 7. The Morgan fingerprint density at radius 2 is 1.86 bits per heavy atom. The number of carbonyl (C=O) groups excluding carboxylic acids is 2. The second kappa shape index (κ2) is 10.4. The molecule has 1 aromatic heterocycles. The lowest BCUT2D eigenvalue weighted by molar-refractivity contribution is -0.140. The summed E-state index contributed by atoms with van der Waals surface area (Å²) in [7, 11) is 0. The van der Waals surface area contributed by atoms with Crippen LogP contribution in [-0.2, 0) is 21.5 Å². The highest BCUT2D eigenvalue weighted by molar-refractivity contribution is 6.46. The van der Waals surface area contributed by atoms with E-state index in [4.69, 9.17) is 4.74 Å². The largest absolute Gasteiger partial charge is 0.507 e. The van der Waals surface area contributed by atoms with Gasteiger partial charge in [0.2, 0.25) is 0 Å². The van der Waals surface area contributed by atoms with Gasteiger partial charge in [0.25, 0.3) is 11.7 Å². The van der Waals surface area contributed by atoms with Gasteiger partial charge in [-0.2, -0.15) is 0 Å². The van der Waals surface area contributed by atoms with Crippen molar-refractivity contribution in [2.75, 3.05) is 6.61 Å². The summed E-state index contributed by atoms with van der Waals surface area (Å²) in [5, 5.41) is 11.5. The number of amides is 1. The quantitative estimate of drug-likeness (QED) is 0.191. The summed E-state index contributed by atoms with van der Waals surface area (Å²) in [4.78, 5) is 32.3. The molecule has 1 fully saturated rings. The van der Waals surface area contributed by atoms with Gasteiger partial charge in [-0.3, -0.25) is 14.6 Å². The minimum absolute atomic E-state index is 0.0530. The number of Topliss-reactive ketones (excluding diaryl/α,β-unsaturated/α-hetero) is 1. The van der Waals surface area contributed by atoms with Gasteiger partial charge in [0, 0.05) is 24.5 Å². The molecule has 1 N–H and O–H groups in total. The Kier molecular flexibility index (Phi) is 7.30. The zero-order valence-corrected chi connectivity index (χ0v) is 21.7. The molecule has 0 bridgehead atoms. The minimum Gasteiger partial charge on any atom is -0.507 e. The van der Waals surface area contributed by atoms with E-state index >= 15 is 0 Å². The van der Waals surface area contributed by atoms with Gasteiger partial charge in [0.15, 0.2) is 0 Å². The number of likely N-dealkylation sites (tertiary alicyclic amines) is 1. The van der Waals surface area contributed by atoms with E-state index in [1.54, 1.807) is 42.7 Å². The number of aromatic nitrogens is 1. The van der Waals surface area contributed by atoms with Crippen LogP contribution in [0.2, 0.25) is 0 Å². The van der Waals surface area contributed by atoms with Crippen molar-refractivity contribution in [1.29, 1.82) is 0 Å². The van der Waals surface area contributed by atoms with Crippen LogP contribution in [-0.4, -0.2) is 33.3 Å². The standard InChI is InChI=1S/C31H32N2O4/c1-6-16-37-24-13-14-25(20(2)17-24)28(34)26-27(22-9-11-23(12-10-22)31(3,4)5)33(30(36)29(26)35)19-21-8-7-15-32-18-21/h6-15,17-18,27,34H,1,16,19H2,2-5H3/t27-/m0/s1. The fourth-order valence-electron chi connectivity index (χ4n) is 4.54. The van der Waals surface area contributed by atoms with Gasteiger partial charge in [0.1, 0.15) is 18.1 Å². The molecule has 0 aliphatic carbocycles. The highest BCUT2D eigenvalue weighted by Gasteiger charge is 2.46. The Morgan fingerprint density at radius 3 is 2.46 bits per heavy atom. The van der Waals surface area contributed by atoms with Crippen LogP contribution in [0.3, 0.4) is 0 Å². The highest BCUT2D eigenvalue weighted by Crippen LogP contribution is 2.41. The molecule has 1 aliphatic rings. The second-order valence-corrected chi connectivity index (χ2v) is 10.2. The van der Waals surface area contributed by atoms with Gasteiger partial charge in [-0.15, -0.1) is 0 Å². The van der Waals surface area contributed by atoms with Crippen LogP contribution < -0.4 is 4.74 Å². The normalized spacial score (nSPS) is 17.2. The summed E-state index contributed by atoms with van der Waals surface area (Å²) < 4.78 is 5.60. The summed E-state index contributed by atoms with van der Waals surface area (Å²) in [6.45, 7) is 12.4. The van der Waals surface area contributed by atoms with Gasteiger partial charge < -0.3 is 14.7 Å². The predicted molar refractivity (Wildman–Crippen MR) is 144 cm³/mol. The van der Waals surface area contributed by atoms with Crippen molar-refractivity contribution >= 4 is 17.4 Å². The van der Waals surface area contributed by atoms with Crippen LogP contribution in [0, 0.1) is 6.92 Å².